The largest absolute Gasteiger partial charge is 0.403 e. The summed E-state index contributed by atoms with van der Waals surface area (Å²) >= 11 is 0. The minimum Gasteiger partial charge on any atom is -0.403 e. The van der Waals surface area contributed by atoms with Gasteiger partial charge in [-0.25, -0.2) is 8.42 Å². The van der Waals surface area contributed by atoms with Gasteiger partial charge in [-0.2, -0.15) is 0 Å². The molecule has 29 heavy (non-hydrogen) atoms. The fraction of sp³-hybridized carbons (Fsp3) is 0.286. The summed E-state index contributed by atoms with van der Waals surface area (Å²) in [5.74, 6) is -0.0658. The van der Waals surface area contributed by atoms with E-state index in [0.717, 1.165) is 12.0 Å². The Kier molecular flexibility index (Phi) is 6.12. The van der Waals surface area contributed by atoms with Gasteiger partial charge in [0, 0.05) is 5.56 Å². The molecular weight excluding hydrogens is 390 g/mol. The average Bonchev–Trinajstić information content (AvgIpc) is 3.16. The van der Waals surface area contributed by atoms with Crippen molar-refractivity contribution in [2.24, 2.45) is 0 Å². The number of sulfone groups is 1. The molecule has 0 radical (unpaired) electrons. The van der Waals surface area contributed by atoms with Crippen molar-refractivity contribution >= 4 is 21.8 Å². The van der Waals surface area contributed by atoms with Crippen LogP contribution in [0.5, 0.6) is 0 Å². The third-order valence-corrected chi connectivity index (χ3v) is 6.69. The van der Waals surface area contributed by atoms with E-state index in [1.54, 1.807) is 26.0 Å². The SMILES string of the molecule is CCc1ccc(CC(=O)Nc2nnc(-c3ccc(S(=O)(=O)C(C)C)cc3)o2)cc1. The van der Waals surface area contributed by atoms with Gasteiger partial charge in [-0.15, -0.1) is 5.10 Å². The molecule has 7 nitrogen and oxygen atoms in total. The summed E-state index contributed by atoms with van der Waals surface area (Å²) < 4.78 is 29.9. The fourth-order valence-electron chi connectivity index (χ4n) is 2.69. The second-order valence-electron chi connectivity index (χ2n) is 6.93. The molecule has 0 unspecified atom stereocenters. The Morgan fingerprint density at radius 2 is 1.62 bits per heavy atom. The molecule has 0 atom stereocenters. The maximum atomic E-state index is 12.2. The van der Waals surface area contributed by atoms with Crippen molar-refractivity contribution < 1.29 is 17.6 Å². The smallest absolute Gasteiger partial charge is 0.322 e. The predicted octanol–water partition coefficient (Wildman–Crippen LogP) is 3.66. The first-order valence-electron chi connectivity index (χ1n) is 9.35. The van der Waals surface area contributed by atoms with E-state index in [9.17, 15) is 13.2 Å². The summed E-state index contributed by atoms with van der Waals surface area (Å²) in [4.78, 5) is 12.4. The van der Waals surface area contributed by atoms with Crippen LogP contribution in [0.15, 0.2) is 57.8 Å². The minimum absolute atomic E-state index is 0.00550. The van der Waals surface area contributed by atoms with Crippen molar-refractivity contribution in [3.63, 3.8) is 0 Å². The molecular formula is C21H23N3O4S. The number of carbonyl (C=O) groups excluding carboxylic acids is 1. The molecule has 2 aromatic carbocycles. The summed E-state index contributed by atoms with van der Waals surface area (Å²) in [6, 6.07) is 14.0. The van der Waals surface area contributed by atoms with Gasteiger partial charge in [0.05, 0.1) is 16.6 Å². The lowest BCUT2D eigenvalue weighted by Crippen LogP contribution is -2.14. The minimum atomic E-state index is -3.34. The molecule has 1 aromatic heterocycles. The Hall–Kier alpha value is -3.00. The van der Waals surface area contributed by atoms with Crippen molar-refractivity contribution in [1.29, 1.82) is 0 Å². The van der Waals surface area contributed by atoms with Crippen LogP contribution in [0.25, 0.3) is 11.5 Å². The van der Waals surface area contributed by atoms with E-state index in [1.165, 1.54) is 17.7 Å². The van der Waals surface area contributed by atoms with Gasteiger partial charge in [-0.1, -0.05) is 36.3 Å². The monoisotopic (exact) mass is 413 g/mol. The molecule has 0 saturated carbocycles. The Balaban J connectivity index is 1.66. The van der Waals surface area contributed by atoms with Crippen LogP contribution in [0, 0.1) is 0 Å². The van der Waals surface area contributed by atoms with Crippen molar-refractivity contribution in [1.82, 2.24) is 10.2 Å². The highest BCUT2D eigenvalue weighted by molar-refractivity contribution is 7.92. The molecule has 0 aliphatic carbocycles. The second kappa shape index (κ2) is 8.57. The molecule has 1 heterocycles. The molecule has 3 aromatic rings. The molecule has 152 valence electrons. The molecule has 3 rings (SSSR count). The third-order valence-electron chi connectivity index (χ3n) is 4.52. The van der Waals surface area contributed by atoms with Gasteiger partial charge in [0.1, 0.15) is 0 Å². The van der Waals surface area contributed by atoms with Gasteiger partial charge in [0.2, 0.25) is 11.8 Å². The van der Waals surface area contributed by atoms with Crippen LogP contribution in [0.2, 0.25) is 0 Å². The summed E-state index contributed by atoms with van der Waals surface area (Å²) in [5, 5.41) is 9.83. The van der Waals surface area contributed by atoms with Crippen LogP contribution < -0.4 is 5.32 Å². The number of hydrogen-bond donors (Lipinski definition) is 1. The first-order chi connectivity index (χ1) is 13.8. The quantitative estimate of drug-likeness (QED) is 0.634. The first-order valence-corrected chi connectivity index (χ1v) is 10.9. The lowest BCUT2D eigenvalue weighted by Gasteiger charge is -2.07. The van der Waals surface area contributed by atoms with Crippen LogP contribution in [0.4, 0.5) is 6.01 Å². The molecule has 0 aliphatic heterocycles. The number of carbonyl (C=O) groups is 1. The highest BCUT2D eigenvalue weighted by Gasteiger charge is 2.19. The Morgan fingerprint density at radius 1 is 1.00 bits per heavy atom. The zero-order valence-electron chi connectivity index (χ0n) is 16.5. The number of anilines is 1. The maximum Gasteiger partial charge on any atom is 0.322 e. The van der Waals surface area contributed by atoms with E-state index in [0.29, 0.717) is 5.56 Å². The average molecular weight is 413 g/mol. The van der Waals surface area contributed by atoms with Crippen LogP contribution in [-0.4, -0.2) is 29.8 Å². The number of rotatable bonds is 7. The van der Waals surface area contributed by atoms with E-state index in [1.807, 2.05) is 24.3 Å². The maximum absolute atomic E-state index is 12.2. The molecule has 0 saturated heterocycles. The van der Waals surface area contributed by atoms with Gasteiger partial charge < -0.3 is 4.42 Å². The van der Waals surface area contributed by atoms with Crippen molar-refractivity contribution in [2.75, 3.05) is 5.32 Å². The van der Waals surface area contributed by atoms with Gasteiger partial charge in [0.25, 0.3) is 0 Å². The molecule has 0 spiro atoms. The Bertz CT molecular complexity index is 1090. The van der Waals surface area contributed by atoms with Crippen LogP contribution in [0.3, 0.4) is 0 Å². The summed E-state index contributed by atoms with van der Waals surface area (Å²) in [7, 11) is -3.34. The lowest BCUT2D eigenvalue weighted by molar-refractivity contribution is -0.115. The van der Waals surface area contributed by atoms with Crippen LogP contribution in [-0.2, 0) is 27.5 Å². The van der Waals surface area contributed by atoms with Gasteiger partial charge >= 0.3 is 6.01 Å². The number of nitrogens with one attached hydrogen (secondary N) is 1. The van der Waals surface area contributed by atoms with E-state index in [4.69, 9.17) is 4.42 Å². The van der Waals surface area contributed by atoms with E-state index < -0.39 is 15.1 Å². The fourth-order valence-corrected chi connectivity index (χ4v) is 3.75. The normalized spacial score (nSPS) is 11.6. The highest BCUT2D eigenvalue weighted by Crippen LogP contribution is 2.23. The first kappa shape index (κ1) is 20.7. The summed E-state index contributed by atoms with van der Waals surface area (Å²) in [6.45, 7) is 5.34. The zero-order valence-corrected chi connectivity index (χ0v) is 17.4. The number of hydrogen-bond acceptors (Lipinski definition) is 6. The molecule has 0 bridgehead atoms. The standard InChI is InChI=1S/C21H23N3O4S/c1-4-15-5-7-16(8-6-15)13-19(25)22-21-24-23-20(28-21)17-9-11-18(12-10-17)29(26,27)14(2)3/h5-12,14H,4,13H2,1-3H3,(H,22,24,25). The van der Waals surface area contributed by atoms with Crippen LogP contribution >= 0.6 is 0 Å². The van der Waals surface area contributed by atoms with E-state index in [-0.39, 0.29) is 29.1 Å². The predicted molar refractivity (Wildman–Crippen MR) is 110 cm³/mol. The zero-order chi connectivity index (χ0) is 21.0. The highest BCUT2D eigenvalue weighted by atomic mass is 32.2. The number of benzene rings is 2. The molecule has 1 amide bonds. The number of aromatic nitrogens is 2. The van der Waals surface area contributed by atoms with E-state index in [2.05, 4.69) is 22.4 Å². The number of amides is 1. The molecule has 8 heteroatoms. The Labute approximate surface area is 170 Å². The van der Waals surface area contributed by atoms with Crippen molar-refractivity contribution in [3.8, 4) is 11.5 Å². The van der Waals surface area contributed by atoms with Crippen molar-refractivity contribution in [3.05, 3.63) is 59.7 Å². The summed E-state index contributed by atoms with van der Waals surface area (Å²) in [6.07, 6.45) is 1.14. The van der Waals surface area contributed by atoms with Crippen LogP contribution in [0.1, 0.15) is 31.9 Å². The number of aryl methyl sites for hydroxylation is 1. The topological polar surface area (TPSA) is 102 Å². The molecule has 0 aliphatic rings. The third kappa shape index (κ3) is 4.89. The van der Waals surface area contributed by atoms with E-state index >= 15 is 0 Å². The van der Waals surface area contributed by atoms with Gasteiger partial charge in [-0.05, 0) is 55.7 Å². The molecule has 0 fully saturated rings. The molecule has 1 N–H and O–H groups in total. The van der Waals surface area contributed by atoms with Gasteiger partial charge in [-0.3, -0.25) is 10.1 Å². The van der Waals surface area contributed by atoms with Crippen molar-refractivity contribution in [2.45, 2.75) is 43.8 Å². The van der Waals surface area contributed by atoms with Gasteiger partial charge in [0.15, 0.2) is 9.84 Å². The Morgan fingerprint density at radius 3 is 2.21 bits per heavy atom. The summed E-state index contributed by atoms with van der Waals surface area (Å²) in [5.41, 5.74) is 2.67. The second-order valence-corrected chi connectivity index (χ2v) is 9.43. The lowest BCUT2D eigenvalue weighted by atomic mass is 10.1. The number of nitrogens with zero attached hydrogens (tertiary/aromatic N) is 2.